The second-order valence-corrected chi connectivity index (χ2v) is 5.46. The van der Waals surface area contributed by atoms with E-state index in [1.54, 1.807) is 7.11 Å². The first-order valence-electron chi connectivity index (χ1n) is 5.53. The number of amides is 1. The quantitative estimate of drug-likeness (QED) is 0.747. The summed E-state index contributed by atoms with van der Waals surface area (Å²) in [5.74, 6) is -0.0605. The zero-order chi connectivity index (χ0) is 13.5. The van der Waals surface area contributed by atoms with E-state index in [-0.39, 0.29) is 11.9 Å². The Bertz CT molecular complexity index is 393. The summed E-state index contributed by atoms with van der Waals surface area (Å²) in [6.07, 6.45) is 0. The van der Waals surface area contributed by atoms with Crippen molar-refractivity contribution in [2.75, 3.05) is 25.6 Å². The van der Waals surface area contributed by atoms with Crippen molar-refractivity contribution in [3.05, 3.63) is 27.1 Å². The van der Waals surface area contributed by atoms with Gasteiger partial charge in [0.2, 0.25) is 5.91 Å². The second-order valence-electron chi connectivity index (χ2n) is 3.75. The summed E-state index contributed by atoms with van der Waals surface area (Å²) in [6.45, 7) is 2.84. The Morgan fingerprint density at radius 1 is 1.39 bits per heavy atom. The van der Waals surface area contributed by atoms with Gasteiger partial charge in [-0.05, 0) is 50.9 Å². The smallest absolute Gasteiger partial charge is 0.242 e. The third kappa shape index (κ3) is 4.59. The molecule has 0 fully saturated rings. The van der Waals surface area contributed by atoms with Crippen LogP contribution in [0.15, 0.2) is 27.1 Å². The van der Waals surface area contributed by atoms with Crippen LogP contribution in [0.25, 0.3) is 0 Å². The van der Waals surface area contributed by atoms with Gasteiger partial charge >= 0.3 is 0 Å². The van der Waals surface area contributed by atoms with Gasteiger partial charge in [-0.15, -0.1) is 0 Å². The molecule has 4 nitrogen and oxygen atoms in total. The number of ether oxygens (including phenoxy) is 1. The van der Waals surface area contributed by atoms with E-state index in [1.807, 2.05) is 25.1 Å². The van der Waals surface area contributed by atoms with Crippen molar-refractivity contribution in [1.82, 2.24) is 5.32 Å². The molecule has 0 radical (unpaired) electrons. The lowest BCUT2D eigenvalue weighted by Gasteiger charge is -2.17. The summed E-state index contributed by atoms with van der Waals surface area (Å²) in [6, 6.07) is 5.44. The molecule has 0 aromatic heterocycles. The van der Waals surface area contributed by atoms with E-state index >= 15 is 0 Å². The zero-order valence-corrected chi connectivity index (χ0v) is 13.5. The third-order valence-corrected chi connectivity index (χ3v) is 3.64. The van der Waals surface area contributed by atoms with Gasteiger partial charge in [-0.2, -0.15) is 0 Å². The van der Waals surface area contributed by atoms with E-state index in [2.05, 4.69) is 42.5 Å². The molecule has 1 atom stereocenters. The van der Waals surface area contributed by atoms with Crippen molar-refractivity contribution in [2.24, 2.45) is 0 Å². The molecule has 0 saturated heterocycles. The minimum atomic E-state index is -0.322. The Morgan fingerprint density at radius 2 is 2.00 bits per heavy atom. The van der Waals surface area contributed by atoms with E-state index in [9.17, 15) is 4.79 Å². The maximum Gasteiger partial charge on any atom is 0.242 e. The van der Waals surface area contributed by atoms with Crippen LogP contribution in [0.3, 0.4) is 0 Å². The van der Waals surface area contributed by atoms with Crippen LogP contribution in [-0.2, 0) is 9.53 Å². The van der Waals surface area contributed by atoms with Gasteiger partial charge in [0.05, 0.1) is 12.3 Å². The molecule has 6 heteroatoms. The number of anilines is 1. The van der Waals surface area contributed by atoms with Crippen LogP contribution in [0.5, 0.6) is 0 Å². The predicted molar refractivity (Wildman–Crippen MR) is 79.8 cm³/mol. The summed E-state index contributed by atoms with van der Waals surface area (Å²) in [5.41, 5.74) is 0.867. The van der Waals surface area contributed by atoms with Crippen LogP contribution in [0, 0.1) is 0 Å². The molecule has 0 saturated carbocycles. The average Bonchev–Trinajstić information content (AvgIpc) is 2.34. The lowest BCUT2D eigenvalue weighted by molar-refractivity contribution is -0.121. The highest BCUT2D eigenvalue weighted by molar-refractivity contribution is 9.11. The minimum absolute atomic E-state index is 0.0605. The molecule has 1 aromatic rings. The topological polar surface area (TPSA) is 50.4 Å². The van der Waals surface area contributed by atoms with E-state index in [0.717, 1.165) is 14.6 Å². The number of nitrogens with one attached hydrogen (secondary N) is 2. The Kier molecular flexibility index (Phi) is 6.67. The van der Waals surface area contributed by atoms with Crippen LogP contribution >= 0.6 is 31.9 Å². The lowest BCUT2D eigenvalue weighted by atomic mass is 10.2. The predicted octanol–water partition coefficient (Wildman–Crippen LogP) is 2.77. The first-order valence-corrected chi connectivity index (χ1v) is 7.12. The number of hydrogen-bond donors (Lipinski definition) is 2. The molecule has 100 valence electrons. The number of rotatable bonds is 6. The molecular formula is C12H16Br2N2O2. The van der Waals surface area contributed by atoms with E-state index in [1.165, 1.54) is 0 Å². The molecule has 1 amide bonds. The highest BCUT2D eigenvalue weighted by Gasteiger charge is 2.14. The van der Waals surface area contributed by atoms with Gasteiger partial charge in [0.25, 0.3) is 0 Å². The maximum absolute atomic E-state index is 11.8. The Balaban J connectivity index is 2.58. The van der Waals surface area contributed by atoms with Crippen molar-refractivity contribution in [3.8, 4) is 0 Å². The van der Waals surface area contributed by atoms with E-state index in [4.69, 9.17) is 4.74 Å². The van der Waals surface area contributed by atoms with Crippen LogP contribution in [0.1, 0.15) is 6.92 Å². The van der Waals surface area contributed by atoms with Crippen molar-refractivity contribution in [1.29, 1.82) is 0 Å². The van der Waals surface area contributed by atoms with Crippen LogP contribution in [0.2, 0.25) is 0 Å². The molecule has 0 spiro atoms. The fourth-order valence-corrected chi connectivity index (χ4v) is 2.57. The molecule has 0 heterocycles. The second kappa shape index (κ2) is 7.76. The average molecular weight is 380 g/mol. The summed E-state index contributed by atoms with van der Waals surface area (Å²) in [7, 11) is 1.60. The van der Waals surface area contributed by atoms with Gasteiger partial charge < -0.3 is 15.4 Å². The lowest BCUT2D eigenvalue weighted by Crippen LogP contribution is -2.39. The fraction of sp³-hybridized carbons (Fsp3) is 0.417. The summed E-state index contributed by atoms with van der Waals surface area (Å²) >= 11 is 6.89. The van der Waals surface area contributed by atoms with E-state index < -0.39 is 0 Å². The molecule has 18 heavy (non-hydrogen) atoms. The number of methoxy groups -OCH3 is 1. The molecule has 0 aliphatic rings. The summed E-state index contributed by atoms with van der Waals surface area (Å²) < 4.78 is 6.70. The molecule has 0 aliphatic heterocycles. The van der Waals surface area contributed by atoms with Gasteiger partial charge in [0.15, 0.2) is 0 Å². The number of halogens is 2. The van der Waals surface area contributed by atoms with Gasteiger partial charge in [0.1, 0.15) is 6.04 Å². The number of carbonyl (C=O) groups excluding carboxylic acids is 1. The first kappa shape index (κ1) is 15.5. The van der Waals surface area contributed by atoms with Crippen LogP contribution in [0.4, 0.5) is 5.69 Å². The molecule has 0 bridgehead atoms. The highest BCUT2D eigenvalue weighted by Crippen LogP contribution is 2.30. The molecule has 1 rings (SSSR count). The van der Waals surface area contributed by atoms with Gasteiger partial charge in [-0.3, -0.25) is 4.79 Å². The standard InChI is InChI=1S/C12H16Br2N2O2/c1-8(12(17)15-6-7-18-2)16-11-9(13)4-3-5-10(11)14/h3-5,8,16H,6-7H2,1-2H3,(H,15,17). The number of hydrogen-bond acceptors (Lipinski definition) is 3. The van der Waals surface area contributed by atoms with Crippen molar-refractivity contribution in [2.45, 2.75) is 13.0 Å². The Labute approximate surface area is 124 Å². The van der Waals surface area contributed by atoms with Crippen LogP contribution in [-0.4, -0.2) is 32.2 Å². The summed E-state index contributed by atoms with van der Waals surface area (Å²) in [4.78, 5) is 11.8. The first-order chi connectivity index (χ1) is 8.56. The van der Waals surface area contributed by atoms with Gasteiger partial charge in [0, 0.05) is 22.6 Å². The molecule has 0 aliphatic carbocycles. The molecule has 1 unspecified atom stereocenters. The van der Waals surface area contributed by atoms with Crippen molar-refractivity contribution >= 4 is 43.5 Å². The van der Waals surface area contributed by atoms with Crippen LogP contribution < -0.4 is 10.6 Å². The Morgan fingerprint density at radius 3 is 2.56 bits per heavy atom. The minimum Gasteiger partial charge on any atom is -0.383 e. The molecule has 1 aromatic carbocycles. The van der Waals surface area contributed by atoms with Crippen molar-refractivity contribution in [3.63, 3.8) is 0 Å². The van der Waals surface area contributed by atoms with E-state index in [0.29, 0.717) is 13.2 Å². The zero-order valence-electron chi connectivity index (χ0n) is 10.3. The van der Waals surface area contributed by atoms with Gasteiger partial charge in [-0.25, -0.2) is 0 Å². The number of para-hydroxylation sites is 1. The fourth-order valence-electron chi connectivity index (χ4n) is 1.35. The highest BCUT2D eigenvalue weighted by atomic mass is 79.9. The Hall–Kier alpha value is -0.590. The number of benzene rings is 1. The van der Waals surface area contributed by atoms with Crippen molar-refractivity contribution < 1.29 is 9.53 Å². The monoisotopic (exact) mass is 378 g/mol. The largest absolute Gasteiger partial charge is 0.383 e. The maximum atomic E-state index is 11.8. The normalized spacial score (nSPS) is 12.0. The third-order valence-electron chi connectivity index (χ3n) is 2.32. The molecular weight excluding hydrogens is 364 g/mol. The number of carbonyl (C=O) groups is 1. The van der Waals surface area contributed by atoms with Gasteiger partial charge in [-0.1, -0.05) is 6.07 Å². The molecule has 2 N–H and O–H groups in total. The summed E-state index contributed by atoms with van der Waals surface area (Å²) in [5, 5.41) is 5.94. The SMILES string of the molecule is COCCNC(=O)C(C)Nc1c(Br)cccc1Br.